The predicted octanol–water partition coefficient (Wildman–Crippen LogP) is 5.42. The van der Waals surface area contributed by atoms with E-state index < -0.39 is 0 Å². The second-order valence-corrected chi connectivity index (χ2v) is 5.84. The largest absolute Gasteiger partial charge is 0.353 e. The van der Waals surface area contributed by atoms with Gasteiger partial charge in [-0.05, 0) is 40.9 Å². The second-order valence-electron chi connectivity index (χ2n) is 4.99. The predicted molar refractivity (Wildman–Crippen MR) is 74.9 cm³/mol. The van der Waals surface area contributed by atoms with Crippen LogP contribution in [0.2, 0.25) is 0 Å². The van der Waals surface area contributed by atoms with Gasteiger partial charge in [0, 0.05) is 11.1 Å². The molecule has 0 aliphatic carbocycles. The van der Waals surface area contributed by atoms with Crippen LogP contribution in [0.5, 0.6) is 0 Å². The molecule has 92 valence electrons. The molecule has 0 aliphatic heterocycles. The molecule has 1 atom stereocenters. The maximum absolute atomic E-state index is 3.50. The quantitative estimate of drug-likeness (QED) is 0.644. The van der Waals surface area contributed by atoms with Gasteiger partial charge in [0.1, 0.15) is 0 Å². The van der Waals surface area contributed by atoms with Gasteiger partial charge < -0.3 is 4.98 Å². The van der Waals surface area contributed by atoms with Crippen LogP contribution in [0.1, 0.15) is 65.0 Å². The number of rotatable bonds is 7. The molecule has 1 aromatic rings. The van der Waals surface area contributed by atoms with Gasteiger partial charge in [0.2, 0.25) is 0 Å². The van der Waals surface area contributed by atoms with Crippen molar-refractivity contribution >= 4 is 15.9 Å². The number of hydrogen-bond donors (Lipinski definition) is 1. The van der Waals surface area contributed by atoms with E-state index in [1.54, 1.807) is 0 Å². The molecule has 0 aliphatic rings. The second kappa shape index (κ2) is 6.48. The number of aromatic amines is 1. The van der Waals surface area contributed by atoms with Gasteiger partial charge >= 0.3 is 0 Å². The Kier molecular flexibility index (Phi) is 5.60. The first-order chi connectivity index (χ1) is 7.62. The summed E-state index contributed by atoms with van der Waals surface area (Å²) in [4.78, 5) is 3.45. The van der Waals surface area contributed by atoms with E-state index in [-0.39, 0.29) is 0 Å². The van der Waals surface area contributed by atoms with Gasteiger partial charge in [0.15, 0.2) is 0 Å². The van der Waals surface area contributed by atoms with Crippen LogP contribution in [0.25, 0.3) is 0 Å². The summed E-state index contributed by atoms with van der Waals surface area (Å²) in [5.41, 5.74) is 1.72. The third kappa shape index (κ3) is 3.65. The van der Waals surface area contributed by atoms with Gasteiger partial charge in [-0.25, -0.2) is 0 Å². The topological polar surface area (TPSA) is 15.8 Å². The Hall–Kier alpha value is -0.240. The van der Waals surface area contributed by atoms with Crippen molar-refractivity contribution in [1.29, 1.82) is 0 Å². The molecule has 0 fully saturated rings. The number of nitrogens with one attached hydrogen (secondary N) is 1. The zero-order chi connectivity index (χ0) is 12.0. The van der Waals surface area contributed by atoms with Crippen molar-refractivity contribution in [1.82, 2.24) is 4.98 Å². The molecule has 0 spiro atoms. The molecule has 1 rings (SSSR count). The third-order valence-corrected chi connectivity index (χ3v) is 3.90. The molecule has 2 heteroatoms. The van der Waals surface area contributed by atoms with Gasteiger partial charge in [-0.15, -0.1) is 0 Å². The smallest absolute Gasteiger partial charge is 0.0822 e. The molecular weight excluding hydrogens is 262 g/mol. The van der Waals surface area contributed by atoms with Crippen molar-refractivity contribution in [2.45, 2.75) is 64.7 Å². The summed E-state index contributed by atoms with van der Waals surface area (Å²) >= 11 is 3.50. The highest BCUT2D eigenvalue weighted by Crippen LogP contribution is 2.34. The van der Waals surface area contributed by atoms with E-state index in [1.807, 2.05) is 0 Å². The van der Waals surface area contributed by atoms with Gasteiger partial charge in [-0.2, -0.15) is 0 Å². The summed E-state index contributed by atoms with van der Waals surface area (Å²) in [5.74, 6) is 0. The van der Waals surface area contributed by atoms with Crippen LogP contribution in [-0.4, -0.2) is 4.98 Å². The first-order valence-electron chi connectivity index (χ1n) is 6.47. The molecule has 0 radical (unpaired) electrons. The molecule has 16 heavy (non-hydrogen) atoms. The van der Waals surface area contributed by atoms with Crippen molar-refractivity contribution in [3.8, 4) is 0 Å². The summed E-state index contributed by atoms with van der Waals surface area (Å²) in [7, 11) is 0. The highest BCUT2D eigenvalue weighted by atomic mass is 79.9. The normalized spacial score (nSPS) is 15.0. The third-order valence-electron chi connectivity index (χ3n) is 3.43. The van der Waals surface area contributed by atoms with E-state index in [0.717, 1.165) is 4.60 Å². The van der Waals surface area contributed by atoms with Crippen LogP contribution < -0.4 is 0 Å². The average Bonchev–Trinajstić information content (AvgIpc) is 2.66. The fourth-order valence-corrected chi connectivity index (χ4v) is 2.78. The van der Waals surface area contributed by atoms with E-state index in [2.05, 4.69) is 53.8 Å². The number of aromatic nitrogens is 1. The van der Waals surface area contributed by atoms with Crippen LogP contribution >= 0.6 is 15.9 Å². The summed E-state index contributed by atoms with van der Waals surface area (Å²) in [6, 6.07) is 4.34. The minimum absolute atomic E-state index is 0.329. The lowest BCUT2D eigenvalue weighted by Gasteiger charge is -2.28. The lowest BCUT2D eigenvalue weighted by molar-refractivity contribution is 0.370. The first-order valence-corrected chi connectivity index (χ1v) is 7.26. The lowest BCUT2D eigenvalue weighted by Crippen LogP contribution is -2.22. The molecule has 0 amide bonds. The molecule has 0 saturated carbocycles. The van der Waals surface area contributed by atoms with Crippen LogP contribution in [0.15, 0.2) is 16.7 Å². The Balaban J connectivity index is 2.71. The molecule has 0 aromatic carbocycles. The van der Waals surface area contributed by atoms with Crippen molar-refractivity contribution < 1.29 is 0 Å². The van der Waals surface area contributed by atoms with E-state index in [9.17, 15) is 0 Å². The Labute approximate surface area is 108 Å². The van der Waals surface area contributed by atoms with Crippen molar-refractivity contribution in [3.63, 3.8) is 0 Å². The first kappa shape index (κ1) is 13.8. The summed E-state index contributed by atoms with van der Waals surface area (Å²) in [6.45, 7) is 6.93. The van der Waals surface area contributed by atoms with E-state index in [4.69, 9.17) is 0 Å². The van der Waals surface area contributed by atoms with Gasteiger partial charge in [0.05, 0.1) is 4.60 Å². The van der Waals surface area contributed by atoms with Crippen LogP contribution in [0.3, 0.4) is 0 Å². The summed E-state index contributed by atoms with van der Waals surface area (Å²) < 4.78 is 1.10. The number of H-pyrrole nitrogens is 1. The minimum atomic E-state index is 0.329. The molecule has 1 N–H and O–H groups in total. The van der Waals surface area contributed by atoms with E-state index >= 15 is 0 Å². The van der Waals surface area contributed by atoms with Crippen molar-refractivity contribution in [2.24, 2.45) is 0 Å². The molecule has 1 nitrogen and oxygen atoms in total. The minimum Gasteiger partial charge on any atom is -0.353 e. The standard InChI is InChI=1S/C14H24BrN/c1-4-6-7-11-14(3,10-5-2)12-8-9-13(15)16-12/h8-9,16H,4-7,10-11H2,1-3H3. The molecule has 1 heterocycles. The maximum Gasteiger partial charge on any atom is 0.0822 e. The van der Waals surface area contributed by atoms with Crippen LogP contribution in [0.4, 0.5) is 0 Å². The fourth-order valence-electron chi connectivity index (χ4n) is 2.43. The van der Waals surface area contributed by atoms with Gasteiger partial charge in [-0.1, -0.05) is 46.5 Å². The van der Waals surface area contributed by atoms with E-state index in [0.29, 0.717) is 5.41 Å². The molecule has 0 bridgehead atoms. The van der Waals surface area contributed by atoms with Gasteiger partial charge in [-0.3, -0.25) is 0 Å². The summed E-state index contributed by atoms with van der Waals surface area (Å²) in [6.07, 6.45) is 7.80. The Morgan fingerprint density at radius 1 is 1.12 bits per heavy atom. The zero-order valence-corrected chi connectivity index (χ0v) is 12.4. The maximum atomic E-state index is 3.50. The van der Waals surface area contributed by atoms with Crippen molar-refractivity contribution in [3.05, 3.63) is 22.4 Å². The Morgan fingerprint density at radius 2 is 1.88 bits per heavy atom. The van der Waals surface area contributed by atoms with Crippen LogP contribution in [0, 0.1) is 0 Å². The Morgan fingerprint density at radius 3 is 2.38 bits per heavy atom. The Bertz CT molecular complexity index is 305. The SMILES string of the molecule is CCCCCC(C)(CCC)c1ccc(Br)[nH]1. The monoisotopic (exact) mass is 285 g/mol. The van der Waals surface area contributed by atoms with Crippen molar-refractivity contribution in [2.75, 3.05) is 0 Å². The molecule has 0 saturated heterocycles. The highest BCUT2D eigenvalue weighted by molar-refractivity contribution is 9.10. The molecule has 1 aromatic heterocycles. The number of halogens is 1. The zero-order valence-electron chi connectivity index (χ0n) is 10.8. The van der Waals surface area contributed by atoms with Crippen LogP contribution in [-0.2, 0) is 5.41 Å². The highest BCUT2D eigenvalue weighted by Gasteiger charge is 2.26. The average molecular weight is 286 g/mol. The lowest BCUT2D eigenvalue weighted by atomic mass is 9.78. The van der Waals surface area contributed by atoms with Gasteiger partial charge in [0.25, 0.3) is 0 Å². The van der Waals surface area contributed by atoms with E-state index in [1.165, 1.54) is 44.2 Å². The molecular formula is C14H24BrN. The fraction of sp³-hybridized carbons (Fsp3) is 0.714. The molecule has 1 unspecified atom stereocenters. The summed E-state index contributed by atoms with van der Waals surface area (Å²) in [5, 5.41) is 0. The number of hydrogen-bond acceptors (Lipinski definition) is 0. The number of unbranched alkanes of at least 4 members (excludes halogenated alkanes) is 2.